The summed E-state index contributed by atoms with van der Waals surface area (Å²) in [6, 6.07) is 44.5. The number of benzene rings is 3. The van der Waals surface area contributed by atoms with E-state index in [9.17, 15) is 0 Å². The molecule has 0 N–H and O–H groups in total. The van der Waals surface area contributed by atoms with Crippen molar-refractivity contribution in [3.05, 3.63) is 162 Å². The molecule has 6 aromatic rings. The van der Waals surface area contributed by atoms with Crippen LogP contribution in [0.25, 0.3) is 33.8 Å². The van der Waals surface area contributed by atoms with Crippen LogP contribution in [0.1, 0.15) is 22.4 Å². The topological polar surface area (TPSA) is 38.7 Å². The van der Waals surface area contributed by atoms with Crippen molar-refractivity contribution in [2.24, 2.45) is 0 Å². The van der Waals surface area contributed by atoms with E-state index in [4.69, 9.17) is 4.98 Å². The molecule has 0 saturated heterocycles. The van der Waals surface area contributed by atoms with Crippen molar-refractivity contribution >= 4 is 0 Å². The van der Waals surface area contributed by atoms with Gasteiger partial charge in [-0.25, -0.2) is 4.98 Å². The van der Waals surface area contributed by atoms with Crippen LogP contribution in [0.2, 0.25) is 0 Å². The summed E-state index contributed by atoms with van der Waals surface area (Å²) in [6.45, 7) is 0. The highest BCUT2D eigenvalue weighted by molar-refractivity contribution is 5.86. The van der Waals surface area contributed by atoms with E-state index >= 15 is 0 Å². The van der Waals surface area contributed by atoms with Crippen LogP contribution in [0.3, 0.4) is 0 Å². The molecule has 1 aliphatic carbocycles. The average Bonchev–Trinajstić information content (AvgIpc) is 3.30. The van der Waals surface area contributed by atoms with Gasteiger partial charge in [-0.3, -0.25) is 9.97 Å². The van der Waals surface area contributed by atoms with Crippen molar-refractivity contribution < 1.29 is 0 Å². The molecule has 0 unspecified atom stereocenters. The Bertz CT molecular complexity index is 1600. The SMILES string of the molecule is c1ccc(-c2cccc(C3(c4cccc(-c5ccccn5)n4)c4ccccc4-c4ccccc43)c2)nc1. The molecule has 3 heteroatoms. The zero-order chi connectivity index (χ0) is 24.7. The van der Waals surface area contributed by atoms with Crippen LogP contribution in [0.4, 0.5) is 0 Å². The second kappa shape index (κ2) is 8.65. The second-order valence-corrected chi connectivity index (χ2v) is 9.26. The molecular formula is C34H23N3. The lowest BCUT2D eigenvalue weighted by molar-refractivity contribution is 0.736. The van der Waals surface area contributed by atoms with Gasteiger partial charge in [0.25, 0.3) is 0 Å². The van der Waals surface area contributed by atoms with E-state index in [-0.39, 0.29) is 0 Å². The summed E-state index contributed by atoms with van der Waals surface area (Å²) in [7, 11) is 0. The van der Waals surface area contributed by atoms with Crippen molar-refractivity contribution in [1.82, 2.24) is 15.0 Å². The maximum Gasteiger partial charge on any atom is 0.0890 e. The number of hydrogen-bond acceptors (Lipinski definition) is 3. The quantitative estimate of drug-likeness (QED) is 0.265. The highest BCUT2D eigenvalue weighted by Crippen LogP contribution is 2.55. The van der Waals surface area contributed by atoms with Crippen molar-refractivity contribution in [2.75, 3.05) is 0 Å². The highest BCUT2D eigenvalue weighted by Gasteiger charge is 2.47. The average molecular weight is 474 g/mol. The minimum atomic E-state index is -0.581. The Labute approximate surface area is 216 Å². The smallest absolute Gasteiger partial charge is 0.0890 e. The Morgan fingerprint density at radius 1 is 0.459 bits per heavy atom. The molecule has 0 aliphatic heterocycles. The van der Waals surface area contributed by atoms with Crippen LogP contribution >= 0.6 is 0 Å². The molecule has 0 bridgehead atoms. The molecule has 0 radical (unpaired) electrons. The van der Waals surface area contributed by atoms with E-state index in [0.717, 1.165) is 28.3 Å². The van der Waals surface area contributed by atoms with Gasteiger partial charge in [0.05, 0.1) is 28.2 Å². The number of pyridine rings is 3. The van der Waals surface area contributed by atoms with E-state index in [0.29, 0.717) is 0 Å². The van der Waals surface area contributed by atoms with E-state index in [1.54, 1.807) is 0 Å². The number of rotatable bonds is 4. The summed E-state index contributed by atoms with van der Waals surface area (Å²) in [5.74, 6) is 0. The van der Waals surface area contributed by atoms with E-state index in [1.807, 2.05) is 48.8 Å². The first-order valence-corrected chi connectivity index (χ1v) is 12.5. The van der Waals surface area contributed by atoms with Gasteiger partial charge >= 0.3 is 0 Å². The van der Waals surface area contributed by atoms with Crippen LogP contribution in [0.15, 0.2) is 140 Å². The van der Waals surface area contributed by atoms with Crippen LogP contribution in [-0.4, -0.2) is 15.0 Å². The molecule has 0 atom stereocenters. The first-order valence-electron chi connectivity index (χ1n) is 12.5. The summed E-state index contributed by atoms with van der Waals surface area (Å²) in [4.78, 5) is 14.5. The summed E-state index contributed by atoms with van der Waals surface area (Å²) in [5, 5.41) is 0. The van der Waals surface area contributed by atoms with Gasteiger partial charge in [0, 0.05) is 18.0 Å². The van der Waals surface area contributed by atoms with Crippen LogP contribution in [0.5, 0.6) is 0 Å². The fourth-order valence-electron chi connectivity index (χ4n) is 5.72. The maximum atomic E-state index is 5.30. The van der Waals surface area contributed by atoms with Gasteiger partial charge in [0.15, 0.2) is 0 Å². The molecule has 0 amide bonds. The van der Waals surface area contributed by atoms with Gasteiger partial charge in [-0.05, 0) is 70.3 Å². The van der Waals surface area contributed by atoms with E-state index in [2.05, 4.69) is 101 Å². The maximum absolute atomic E-state index is 5.30. The zero-order valence-electron chi connectivity index (χ0n) is 20.1. The molecule has 7 rings (SSSR count). The van der Waals surface area contributed by atoms with E-state index < -0.39 is 5.41 Å². The van der Waals surface area contributed by atoms with Crippen molar-refractivity contribution in [2.45, 2.75) is 5.41 Å². The summed E-state index contributed by atoms with van der Waals surface area (Å²) >= 11 is 0. The molecule has 3 heterocycles. The molecule has 0 spiro atoms. The standard InChI is InChI=1S/C34H23N3/c1-3-15-28-26(13-1)27-14-2-4-16-29(27)34(28,25-12-9-11-24(23-25)30-17-5-7-21-35-30)33-20-10-19-32(37-33)31-18-6-8-22-36-31/h1-23H. The summed E-state index contributed by atoms with van der Waals surface area (Å²) in [6.07, 6.45) is 3.66. The van der Waals surface area contributed by atoms with Crippen LogP contribution < -0.4 is 0 Å². The first-order chi connectivity index (χ1) is 18.4. The second-order valence-electron chi connectivity index (χ2n) is 9.26. The minimum Gasteiger partial charge on any atom is -0.256 e. The number of fused-ring (bicyclic) bond motifs is 3. The third-order valence-electron chi connectivity index (χ3n) is 7.27. The van der Waals surface area contributed by atoms with Gasteiger partial charge in [0.1, 0.15) is 0 Å². The molecule has 3 aromatic carbocycles. The van der Waals surface area contributed by atoms with Crippen molar-refractivity contribution in [3.8, 4) is 33.8 Å². The Morgan fingerprint density at radius 2 is 1.05 bits per heavy atom. The largest absolute Gasteiger partial charge is 0.256 e. The summed E-state index contributed by atoms with van der Waals surface area (Å²) in [5.41, 5.74) is 10.3. The van der Waals surface area contributed by atoms with Gasteiger partial charge in [0.2, 0.25) is 0 Å². The molecule has 174 valence electrons. The molecule has 0 fully saturated rings. The fraction of sp³-hybridized carbons (Fsp3) is 0.0294. The normalized spacial score (nSPS) is 13.1. The number of aromatic nitrogens is 3. The first kappa shape index (κ1) is 21.4. The molecule has 1 aliphatic rings. The predicted octanol–water partition coefficient (Wildman–Crippen LogP) is 7.57. The monoisotopic (exact) mass is 473 g/mol. The number of nitrogens with zero attached hydrogens (tertiary/aromatic N) is 3. The minimum absolute atomic E-state index is 0.581. The van der Waals surface area contributed by atoms with Crippen LogP contribution in [0, 0.1) is 0 Å². The van der Waals surface area contributed by atoms with Crippen molar-refractivity contribution in [3.63, 3.8) is 0 Å². The van der Waals surface area contributed by atoms with Crippen molar-refractivity contribution in [1.29, 1.82) is 0 Å². The lowest BCUT2D eigenvalue weighted by Crippen LogP contribution is -2.30. The zero-order valence-corrected chi connectivity index (χ0v) is 20.1. The molecule has 0 saturated carbocycles. The highest BCUT2D eigenvalue weighted by atomic mass is 14.8. The van der Waals surface area contributed by atoms with Crippen LogP contribution in [-0.2, 0) is 5.41 Å². The third kappa shape index (κ3) is 3.32. The predicted molar refractivity (Wildman–Crippen MR) is 148 cm³/mol. The lowest BCUT2D eigenvalue weighted by atomic mass is 9.69. The molecule has 3 aromatic heterocycles. The van der Waals surface area contributed by atoms with Gasteiger partial charge in [-0.1, -0.05) is 84.9 Å². The van der Waals surface area contributed by atoms with Gasteiger partial charge in [-0.15, -0.1) is 0 Å². The van der Waals surface area contributed by atoms with Gasteiger partial charge < -0.3 is 0 Å². The Hall–Kier alpha value is -4.89. The lowest BCUT2D eigenvalue weighted by Gasteiger charge is -2.33. The number of hydrogen-bond donors (Lipinski definition) is 0. The Morgan fingerprint density at radius 3 is 1.73 bits per heavy atom. The molecular weight excluding hydrogens is 450 g/mol. The Balaban J connectivity index is 1.56. The molecule has 37 heavy (non-hydrogen) atoms. The van der Waals surface area contributed by atoms with E-state index in [1.165, 1.54) is 27.8 Å². The Kier molecular flexibility index (Phi) is 5.00. The summed E-state index contributed by atoms with van der Waals surface area (Å²) < 4.78 is 0. The molecule has 3 nitrogen and oxygen atoms in total. The van der Waals surface area contributed by atoms with Gasteiger partial charge in [-0.2, -0.15) is 0 Å². The fourth-order valence-corrected chi connectivity index (χ4v) is 5.72. The third-order valence-corrected chi connectivity index (χ3v) is 7.27.